The van der Waals surface area contributed by atoms with E-state index in [1.54, 1.807) is 0 Å². The number of hydrogen-bond acceptors (Lipinski definition) is 4. The Bertz CT molecular complexity index is 420. The van der Waals surface area contributed by atoms with Crippen LogP contribution in [0.25, 0.3) is 0 Å². The molecule has 0 bridgehead atoms. The molecule has 4 heteroatoms. The largest absolute Gasteiger partial charge is 0.355 e. The van der Waals surface area contributed by atoms with Gasteiger partial charge in [-0.15, -0.1) is 0 Å². The molecule has 0 amide bonds. The summed E-state index contributed by atoms with van der Waals surface area (Å²) < 4.78 is 0. The number of nitrogens with one attached hydrogen (secondary N) is 1. The second kappa shape index (κ2) is 6.62. The van der Waals surface area contributed by atoms with Crippen molar-refractivity contribution in [1.29, 1.82) is 0 Å². The first-order chi connectivity index (χ1) is 9.04. The second-order valence-electron chi connectivity index (χ2n) is 5.64. The standard InChI is InChI=1S/C15H25N3S/c1-11(2)16-9-14-7-12(3)17-15(8-14)18-5-6-19-13(4)10-18/h7-8,11,13,16H,5-6,9-10H2,1-4H3. The molecule has 0 spiro atoms. The second-order valence-corrected chi connectivity index (χ2v) is 7.18. The van der Waals surface area contributed by atoms with Gasteiger partial charge < -0.3 is 10.2 Å². The predicted molar refractivity (Wildman–Crippen MR) is 85.1 cm³/mol. The van der Waals surface area contributed by atoms with E-state index in [1.807, 2.05) is 0 Å². The monoisotopic (exact) mass is 279 g/mol. The number of pyridine rings is 1. The molecule has 1 aromatic rings. The lowest BCUT2D eigenvalue weighted by atomic mass is 10.2. The number of anilines is 1. The Hall–Kier alpha value is -0.740. The Labute approximate surface area is 121 Å². The van der Waals surface area contributed by atoms with E-state index in [1.165, 1.54) is 11.3 Å². The third-order valence-electron chi connectivity index (χ3n) is 3.28. The highest BCUT2D eigenvalue weighted by atomic mass is 32.2. The van der Waals surface area contributed by atoms with Gasteiger partial charge in [0.2, 0.25) is 0 Å². The van der Waals surface area contributed by atoms with Crippen molar-refractivity contribution in [2.75, 3.05) is 23.7 Å². The van der Waals surface area contributed by atoms with Gasteiger partial charge in [-0.3, -0.25) is 0 Å². The molecular weight excluding hydrogens is 254 g/mol. The third kappa shape index (κ3) is 4.39. The van der Waals surface area contributed by atoms with Gasteiger partial charge in [-0.2, -0.15) is 11.8 Å². The van der Waals surface area contributed by atoms with E-state index in [9.17, 15) is 0 Å². The van der Waals surface area contributed by atoms with E-state index in [0.717, 1.165) is 31.1 Å². The molecule has 0 saturated carbocycles. The molecule has 0 radical (unpaired) electrons. The molecule has 1 unspecified atom stereocenters. The van der Waals surface area contributed by atoms with Crippen LogP contribution in [0, 0.1) is 6.92 Å². The quantitative estimate of drug-likeness (QED) is 0.917. The Kier molecular flexibility index (Phi) is 5.11. The number of thioether (sulfide) groups is 1. The van der Waals surface area contributed by atoms with Crippen molar-refractivity contribution >= 4 is 17.6 Å². The number of nitrogens with zero attached hydrogens (tertiary/aromatic N) is 2. The lowest BCUT2D eigenvalue weighted by Crippen LogP contribution is -2.37. The first kappa shape index (κ1) is 14.7. The highest BCUT2D eigenvalue weighted by Crippen LogP contribution is 2.23. The summed E-state index contributed by atoms with van der Waals surface area (Å²) >= 11 is 2.06. The Morgan fingerprint density at radius 1 is 1.47 bits per heavy atom. The van der Waals surface area contributed by atoms with E-state index < -0.39 is 0 Å². The summed E-state index contributed by atoms with van der Waals surface area (Å²) in [6.45, 7) is 11.9. The molecule has 2 heterocycles. The van der Waals surface area contributed by atoms with Crippen LogP contribution >= 0.6 is 11.8 Å². The highest BCUT2D eigenvalue weighted by molar-refractivity contribution is 8.00. The average Bonchev–Trinajstić information content (AvgIpc) is 2.36. The van der Waals surface area contributed by atoms with Crippen LogP contribution in [-0.2, 0) is 6.54 Å². The maximum atomic E-state index is 4.71. The van der Waals surface area contributed by atoms with Gasteiger partial charge in [-0.05, 0) is 24.6 Å². The van der Waals surface area contributed by atoms with Crippen LogP contribution in [0.3, 0.4) is 0 Å². The van der Waals surface area contributed by atoms with E-state index in [0.29, 0.717) is 11.3 Å². The van der Waals surface area contributed by atoms with Gasteiger partial charge in [0.05, 0.1) is 0 Å². The molecule has 1 aromatic heterocycles. The topological polar surface area (TPSA) is 28.2 Å². The third-order valence-corrected chi connectivity index (χ3v) is 4.42. The zero-order valence-electron chi connectivity index (χ0n) is 12.4. The summed E-state index contributed by atoms with van der Waals surface area (Å²) in [4.78, 5) is 7.13. The fraction of sp³-hybridized carbons (Fsp3) is 0.667. The predicted octanol–water partition coefficient (Wildman–Crippen LogP) is 2.83. The summed E-state index contributed by atoms with van der Waals surface area (Å²) in [6.07, 6.45) is 0. The molecule has 0 aliphatic carbocycles. The first-order valence-corrected chi connectivity index (χ1v) is 8.17. The van der Waals surface area contributed by atoms with E-state index in [2.05, 4.69) is 61.8 Å². The normalized spacial score (nSPS) is 20.1. The summed E-state index contributed by atoms with van der Waals surface area (Å²) in [5.74, 6) is 2.35. The van der Waals surface area contributed by atoms with Crippen molar-refractivity contribution in [2.24, 2.45) is 0 Å². The van der Waals surface area contributed by atoms with Crippen molar-refractivity contribution < 1.29 is 0 Å². The number of aromatic nitrogens is 1. The SMILES string of the molecule is Cc1cc(CNC(C)C)cc(N2CCSC(C)C2)n1. The number of rotatable bonds is 4. The minimum atomic E-state index is 0.517. The molecule has 106 valence electrons. The van der Waals surface area contributed by atoms with Crippen LogP contribution in [-0.4, -0.2) is 35.1 Å². The zero-order chi connectivity index (χ0) is 13.8. The Morgan fingerprint density at radius 2 is 2.26 bits per heavy atom. The van der Waals surface area contributed by atoms with Gasteiger partial charge in [-0.1, -0.05) is 20.8 Å². The minimum Gasteiger partial charge on any atom is -0.355 e. The van der Waals surface area contributed by atoms with Crippen LogP contribution in [0.2, 0.25) is 0 Å². The van der Waals surface area contributed by atoms with Gasteiger partial charge >= 0.3 is 0 Å². The maximum absolute atomic E-state index is 4.71. The summed E-state index contributed by atoms with van der Waals surface area (Å²) in [5, 5.41) is 4.18. The van der Waals surface area contributed by atoms with Crippen molar-refractivity contribution in [3.05, 3.63) is 23.4 Å². The number of aryl methyl sites for hydroxylation is 1. The molecule has 1 N–H and O–H groups in total. The smallest absolute Gasteiger partial charge is 0.129 e. The van der Waals surface area contributed by atoms with Gasteiger partial charge in [0.1, 0.15) is 5.82 Å². The molecule has 1 aliphatic rings. The van der Waals surface area contributed by atoms with Crippen LogP contribution in [0.4, 0.5) is 5.82 Å². The van der Waals surface area contributed by atoms with Gasteiger partial charge in [0, 0.05) is 42.4 Å². The average molecular weight is 279 g/mol. The van der Waals surface area contributed by atoms with Crippen LogP contribution in [0.15, 0.2) is 12.1 Å². The van der Waals surface area contributed by atoms with Crippen molar-refractivity contribution in [2.45, 2.75) is 45.5 Å². The highest BCUT2D eigenvalue weighted by Gasteiger charge is 2.18. The Balaban J connectivity index is 2.11. The molecule has 0 aromatic carbocycles. The molecule has 1 aliphatic heterocycles. The van der Waals surface area contributed by atoms with Gasteiger partial charge in [0.25, 0.3) is 0 Å². The Morgan fingerprint density at radius 3 is 2.95 bits per heavy atom. The first-order valence-electron chi connectivity index (χ1n) is 7.12. The molecule has 1 saturated heterocycles. The minimum absolute atomic E-state index is 0.517. The van der Waals surface area contributed by atoms with Crippen LogP contribution in [0.1, 0.15) is 32.0 Å². The fourth-order valence-corrected chi connectivity index (χ4v) is 3.35. The lowest BCUT2D eigenvalue weighted by molar-refractivity contribution is 0.588. The molecular formula is C15H25N3S. The van der Waals surface area contributed by atoms with Crippen LogP contribution < -0.4 is 10.2 Å². The van der Waals surface area contributed by atoms with Gasteiger partial charge in [-0.25, -0.2) is 4.98 Å². The molecule has 19 heavy (non-hydrogen) atoms. The van der Waals surface area contributed by atoms with E-state index >= 15 is 0 Å². The van der Waals surface area contributed by atoms with Crippen molar-refractivity contribution in [1.82, 2.24) is 10.3 Å². The zero-order valence-corrected chi connectivity index (χ0v) is 13.3. The summed E-state index contributed by atoms with van der Waals surface area (Å²) in [7, 11) is 0. The van der Waals surface area contributed by atoms with E-state index in [-0.39, 0.29) is 0 Å². The van der Waals surface area contributed by atoms with Crippen molar-refractivity contribution in [3.8, 4) is 0 Å². The molecule has 1 atom stereocenters. The lowest BCUT2D eigenvalue weighted by Gasteiger charge is -2.32. The van der Waals surface area contributed by atoms with Gasteiger partial charge in [0.15, 0.2) is 0 Å². The molecule has 2 rings (SSSR count). The van der Waals surface area contributed by atoms with E-state index in [4.69, 9.17) is 4.98 Å². The maximum Gasteiger partial charge on any atom is 0.129 e. The molecule has 1 fully saturated rings. The van der Waals surface area contributed by atoms with Crippen molar-refractivity contribution in [3.63, 3.8) is 0 Å². The number of hydrogen-bond donors (Lipinski definition) is 1. The van der Waals surface area contributed by atoms with Crippen LogP contribution in [0.5, 0.6) is 0 Å². The summed E-state index contributed by atoms with van der Waals surface area (Å²) in [5.41, 5.74) is 2.45. The summed E-state index contributed by atoms with van der Waals surface area (Å²) in [6, 6.07) is 4.94. The fourth-order valence-electron chi connectivity index (χ4n) is 2.33. The molecule has 3 nitrogen and oxygen atoms in total.